The minimum absolute atomic E-state index is 0.104. The number of benzene rings is 3. The van der Waals surface area contributed by atoms with Crippen LogP contribution in [0.1, 0.15) is 109 Å². The van der Waals surface area contributed by atoms with Gasteiger partial charge in [0.25, 0.3) is 0 Å². The zero-order valence-corrected chi connectivity index (χ0v) is 32.0. The molecule has 1 aliphatic heterocycles. The number of amides is 1. The van der Waals surface area contributed by atoms with Crippen molar-refractivity contribution in [1.82, 2.24) is 4.90 Å². The van der Waals surface area contributed by atoms with Crippen LogP contribution in [-0.4, -0.2) is 34.5 Å². The van der Waals surface area contributed by atoms with Crippen molar-refractivity contribution in [2.45, 2.75) is 129 Å². The summed E-state index contributed by atoms with van der Waals surface area (Å²) in [5, 5.41) is 0. The van der Waals surface area contributed by atoms with Crippen molar-refractivity contribution in [1.29, 1.82) is 0 Å². The third kappa shape index (κ3) is 12.2. The molecule has 1 aliphatic rings. The van der Waals surface area contributed by atoms with Crippen molar-refractivity contribution in [3.8, 4) is 0 Å². The van der Waals surface area contributed by atoms with Crippen molar-refractivity contribution < 1.29 is 27.9 Å². The van der Waals surface area contributed by atoms with Crippen LogP contribution in [0.5, 0.6) is 0 Å². The van der Waals surface area contributed by atoms with Crippen LogP contribution in [0, 0.1) is 0 Å². The Morgan fingerprint density at radius 1 is 0.780 bits per heavy atom. The minimum atomic E-state index is -3.82. The number of hydrogen-bond donors (Lipinski definition) is 0. The standard InChI is InChI=1S/C42H58NO6P/c1-7-8-9-10-11-14-19-35-24-26-36(27-25-35)28-29-42(34-46-41(5,6)43(42)39(44)49-40(2,3)4)30-31-50(45,47-32-37-20-15-12-16-21-37)48-33-38-22-17-13-18-23-38/h12-13,15-18,20-27,30-31H,7-11,14,19,28-29,32-34H2,1-6H3/b31-30+. The molecule has 1 unspecified atom stereocenters. The summed E-state index contributed by atoms with van der Waals surface area (Å²) in [5.74, 6) is 1.52. The van der Waals surface area contributed by atoms with Crippen LogP contribution in [0.4, 0.5) is 4.79 Å². The van der Waals surface area contributed by atoms with E-state index in [1.807, 2.05) is 95.3 Å². The maximum atomic E-state index is 14.5. The van der Waals surface area contributed by atoms with E-state index in [9.17, 15) is 9.36 Å². The molecule has 1 saturated heterocycles. The van der Waals surface area contributed by atoms with Crippen molar-refractivity contribution in [2.75, 3.05) is 6.61 Å². The first-order valence-corrected chi connectivity index (χ1v) is 19.9. The van der Waals surface area contributed by atoms with Gasteiger partial charge in [-0.15, -0.1) is 0 Å². The van der Waals surface area contributed by atoms with Crippen molar-refractivity contribution in [2.24, 2.45) is 0 Å². The molecule has 0 bridgehead atoms. The van der Waals surface area contributed by atoms with Crippen LogP contribution in [0.25, 0.3) is 0 Å². The van der Waals surface area contributed by atoms with Gasteiger partial charge in [-0.3, -0.25) is 9.46 Å². The van der Waals surface area contributed by atoms with E-state index in [-0.39, 0.29) is 19.8 Å². The first-order valence-electron chi connectivity index (χ1n) is 18.3. The normalized spacial score (nSPS) is 17.8. The van der Waals surface area contributed by atoms with Gasteiger partial charge in [0.2, 0.25) is 0 Å². The Labute approximate surface area is 300 Å². The van der Waals surface area contributed by atoms with E-state index < -0.39 is 30.6 Å². The van der Waals surface area contributed by atoms with Crippen molar-refractivity contribution >= 4 is 13.7 Å². The number of ether oxygens (including phenoxy) is 2. The molecule has 0 aliphatic carbocycles. The van der Waals surface area contributed by atoms with E-state index in [0.717, 1.165) is 23.1 Å². The van der Waals surface area contributed by atoms with Gasteiger partial charge >= 0.3 is 13.7 Å². The second-order valence-electron chi connectivity index (χ2n) is 14.9. The summed E-state index contributed by atoms with van der Waals surface area (Å²) in [5.41, 5.74) is 1.57. The first-order chi connectivity index (χ1) is 23.8. The van der Waals surface area contributed by atoms with Gasteiger partial charge in [0.05, 0.1) is 25.4 Å². The van der Waals surface area contributed by atoms with Crippen molar-refractivity contribution in [3.05, 3.63) is 119 Å². The fourth-order valence-electron chi connectivity index (χ4n) is 6.24. The average molecular weight is 704 g/mol. The fourth-order valence-corrected chi connectivity index (χ4v) is 7.60. The molecule has 7 nitrogen and oxygen atoms in total. The van der Waals surface area contributed by atoms with E-state index in [4.69, 9.17) is 18.5 Å². The number of carbonyl (C=O) groups excluding carboxylic acids is 1. The monoisotopic (exact) mass is 703 g/mol. The van der Waals surface area contributed by atoms with Crippen LogP contribution in [0.15, 0.2) is 96.8 Å². The Balaban J connectivity index is 1.60. The van der Waals surface area contributed by atoms with Gasteiger partial charge in [0, 0.05) is 5.82 Å². The molecule has 4 rings (SSSR count). The highest BCUT2D eigenvalue weighted by Gasteiger charge is 2.54. The number of unbranched alkanes of at least 4 members (excludes halogenated alkanes) is 5. The van der Waals surface area contributed by atoms with Gasteiger partial charge in [-0.1, -0.05) is 124 Å². The Bertz CT molecular complexity index is 1490. The maximum Gasteiger partial charge on any atom is 0.413 e. The molecular weight excluding hydrogens is 645 g/mol. The zero-order valence-electron chi connectivity index (χ0n) is 31.1. The van der Waals surface area contributed by atoms with Gasteiger partial charge in [0.15, 0.2) is 0 Å². The van der Waals surface area contributed by atoms with E-state index >= 15 is 0 Å². The molecular formula is C42H58NO6P. The molecule has 0 saturated carbocycles. The largest absolute Gasteiger partial charge is 0.444 e. The third-order valence-corrected chi connectivity index (χ3v) is 10.5. The highest BCUT2D eigenvalue weighted by atomic mass is 31.2. The van der Waals surface area contributed by atoms with Crippen LogP contribution in [-0.2, 0) is 49.1 Å². The molecule has 1 heterocycles. The Morgan fingerprint density at radius 2 is 1.30 bits per heavy atom. The van der Waals surface area contributed by atoms with E-state index in [0.29, 0.717) is 12.8 Å². The van der Waals surface area contributed by atoms with Gasteiger partial charge in [-0.05, 0) is 88.6 Å². The van der Waals surface area contributed by atoms with E-state index in [1.165, 1.54) is 49.9 Å². The number of aryl methyl sites for hydroxylation is 2. The van der Waals surface area contributed by atoms with E-state index in [2.05, 4.69) is 31.2 Å². The Morgan fingerprint density at radius 3 is 1.84 bits per heavy atom. The maximum absolute atomic E-state index is 14.5. The predicted molar refractivity (Wildman–Crippen MR) is 202 cm³/mol. The third-order valence-electron chi connectivity index (χ3n) is 9.00. The highest BCUT2D eigenvalue weighted by Crippen LogP contribution is 2.53. The molecule has 1 amide bonds. The smallest absolute Gasteiger partial charge is 0.413 e. The summed E-state index contributed by atoms with van der Waals surface area (Å²) < 4.78 is 38.9. The number of hydrogen-bond acceptors (Lipinski definition) is 6. The summed E-state index contributed by atoms with van der Waals surface area (Å²) in [4.78, 5) is 15.6. The molecule has 0 spiro atoms. The molecule has 0 radical (unpaired) electrons. The molecule has 0 aromatic heterocycles. The second-order valence-corrected chi connectivity index (χ2v) is 16.8. The van der Waals surface area contributed by atoms with E-state index in [1.54, 1.807) is 11.0 Å². The highest BCUT2D eigenvalue weighted by molar-refractivity contribution is 7.57. The summed E-state index contributed by atoms with van der Waals surface area (Å²) in [6, 6.07) is 28.0. The summed E-state index contributed by atoms with van der Waals surface area (Å²) in [7, 11) is -3.82. The topological polar surface area (TPSA) is 74.3 Å². The average Bonchev–Trinajstić information content (AvgIpc) is 3.37. The molecule has 1 fully saturated rings. The Hall–Kier alpha value is -3.22. The quantitative estimate of drug-likeness (QED) is 0.0970. The first kappa shape index (κ1) is 39.6. The number of rotatable bonds is 18. The van der Waals surface area contributed by atoms with Crippen LogP contribution < -0.4 is 0 Å². The zero-order chi connectivity index (χ0) is 36.1. The lowest BCUT2D eigenvalue weighted by atomic mass is 9.90. The van der Waals surface area contributed by atoms with Crippen molar-refractivity contribution in [3.63, 3.8) is 0 Å². The SMILES string of the molecule is CCCCCCCCc1ccc(CCC2(/C=C/P(=O)(OCc3ccccc3)OCc3ccccc3)COC(C)(C)N2C(=O)OC(C)(C)C)cc1. The minimum Gasteiger partial charge on any atom is -0.444 e. The molecule has 1 atom stereocenters. The Kier molecular flexibility index (Phi) is 14.5. The summed E-state index contributed by atoms with van der Waals surface area (Å²) >= 11 is 0. The fraction of sp³-hybridized carbons (Fsp3) is 0.500. The lowest BCUT2D eigenvalue weighted by molar-refractivity contribution is -0.0665. The molecule has 3 aromatic carbocycles. The van der Waals surface area contributed by atoms with Gasteiger partial charge < -0.3 is 18.5 Å². The summed E-state index contributed by atoms with van der Waals surface area (Å²) in [6.07, 6.45) is 11.2. The summed E-state index contributed by atoms with van der Waals surface area (Å²) in [6.45, 7) is 11.9. The molecule has 272 valence electrons. The van der Waals surface area contributed by atoms with Crippen LogP contribution in [0.3, 0.4) is 0 Å². The molecule has 3 aromatic rings. The number of carbonyl (C=O) groups is 1. The van der Waals surface area contributed by atoms with Gasteiger partial charge in [-0.25, -0.2) is 4.79 Å². The number of nitrogens with zero attached hydrogens (tertiary/aromatic N) is 1. The molecule has 50 heavy (non-hydrogen) atoms. The van der Waals surface area contributed by atoms with Crippen LogP contribution >= 0.6 is 7.60 Å². The predicted octanol–water partition coefficient (Wildman–Crippen LogP) is 11.4. The molecule has 8 heteroatoms. The van der Waals surface area contributed by atoms with Gasteiger partial charge in [0.1, 0.15) is 11.3 Å². The second kappa shape index (κ2) is 18.3. The van der Waals surface area contributed by atoms with Gasteiger partial charge in [-0.2, -0.15) is 0 Å². The lowest BCUT2D eigenvalue weighted by Gasteiger charge is -2.41. The lowest BCUT2D eigenvalue weighted by Crippen LogP contribution is -2.56. The van der Waals surface area contributed by atoms with Crippen LogP contribution in [0.2, 0.25) is 0 Å². The molecule has 0 N–H and O–H groups in total.